The first kappa shape index (κ1) is 19.4. The van der Waals surface area contributed by atoms with Gasteiger partial charge in [-0.1, -0.05) is 35.1 Å². The smallest absolute Gasteiger partial charge is 0.338 e. The number of benzene rings is 1. The SMILES string of the molecule is CCOC(=O)C1=C(C)N=c2s/c(=C/c3ccco3)c(=O)n2[C@@H]1c1ccc(Cl)cc1. The first-order chi connectivity index (χ1) is 14.0. The van der Waals surface area contributed by atoms with Gasteiger partial charge in [0.2, 0.25) is 0 Å². The lowest BCUT2D eigenvalue weighted by atomic mass is 9.96. The van der Waals surface area contributed by atoms with Crippen LogP contribution in [-0.2, 0) is 9.53 Å². The molecule has 0 radical (unpaired) electrons. The topological polar surface area (TPSA) is 73.8 Å². The van der Waals surface area contributed by atoms with Crippen molar-refractivity contribution in [3.8, 4) is 0 Å². The number of allylic oxidation sites excluding steroid dienone is 1. The second kappa shape index (κ2) is 7.85. The van der Waals surface area contributed by atoms with Gasteiger partial charge < -0.3 is 9.15 Å². The van der Waals surface area contributed by atoms with Crippen LogP contribution < -0.4 is 14.9 Å². The summed E-state index contributed by atoms with van der Waals surface area (Å²) in [6, 6.07) is 9.93. The molecule has 0 saturated heterocycles. The number of fused-ring (bicyclic) bond motifs is 1. The van der Waals surface area contributed by atoms with Crippen LogP contribution in [0.1, 0.15) is 31.2 Å². The van der Waals surface area contributed by atoms with Crippen molar-refractivity contribution in [1.82, 2.24) is 4.57 Å². The van der Waals surface area contributed by atoms with E-state index in [0.29, 0.717) is 31.4 Å². The van der Waals surface area contributed by atoms with Crippen molar-refractivity contribution in [3.05, 3.63) is 90.0 Å². The molecule has 0 N–H and O–H groups in total. The molecule has 1 aromatic carbocycles. The predicted molar refractivity (Wildman–Crippen MR) is 111 cm³/mol. The van der Waals surface area contributed by atoms with Crippen LogP contribution in [0.2, 0.25) is 5.02 Å². The molecule has 0 unspecified atom stereocenters. The molecular formula is C21H17ClN2O4S. The van der Waals surface area contributed by atoms with E-state index in [0.717, 1.165) is 5.56 Å². The molecular weight excluding hydrogens is 412 g/mol. The van der Waals surface area contributed by atoms with Crippen LogP contribution in [0.4, 0.5) is 0 Å². The number of carbonyl (C=O) groups is 1. The predicted octanol–water partition coefficient (Wildman–Crippen LogP) is 3.04. The van der Waals surface area contributed by atoms with Crippen molar-refractivity contribution in [2.45, 2.75) is 19.9 Å². The number of ether oxygens (including phenoxy) is 1. The summed E-state index contributed by atoms with van der Waals surface area (Å²) in [5, 5.41) is 0.567. The van der Waals surface area contributed by atoms with E-state index >= 15 is 0 Å². The van der Waals surface area contributed by atoms with Gasteiger partial charge in [0.1, 0.15) is 5.76 Å². The van der Waals surface area contributed by atoms with Gasteiger partial charge in [0.15, 0.2) is 4.80 Å². The highest BCUT2D eigenvalue weighted by atomic mass is 35.5. The lowest BCUT2D eigenvalue weighted by molar-refractivity contribution is -0.139. The largest absolute Gasteiger partial charge is 0.465 e. The fourth-order valence-electron chi connectivity index (χ4n) is 3.25. The lowest BCUT2D eigenvalue weighted by Gasteiger charge is -2.24. The van der Waals surface area contributed by atoms with Crippen LogP contribution >= 0.6 is 22.9 Å². The van der Waals surface area contributed by atoms with E-state index in [1.807, 2.05) is 0 Å². The first-order valence-corrected chi connectivity index (χ1v) is 10.2. The fourth-order valence-corrected chi connectivity index (χ4v) is 4.41. The van der Waals surface area contributed by atoms with Crippen LogP contribution in [0.5, 0.6) is 0 Å². The maximum atomic E-state index is 13.3. The number of aromatic nitrogens is 1. The molecule has 1 atom stereocenters. The van der Waals surface area contributed by atoms with E-state index in [-0.39, 0.29) is 12.2 Å². The van der Waals surface area contributed by atoms with Crippen molar-refractivity contribution in [3.63, 3.8) is 0 Å². The summed E-state index contributed by atoms with van der Waals surface area (Å²) >= 11 is 7.29. The van der Waals surface area contributed by atoms with Crippen LogP contribution in [0, 0.1) is 0 Å². The zero-order chi connectivity index (χ0) is 20.5. The van der Waals surface area contributed by atoms with Crippen molar-refractivity contribution in [2.24, 2.45) is 4.99 Å². The molecule has 1 aliphatic heterocycles. The molecule has 3 heterocycles. The first-order valence-electron chi connectivity index (χ1n) is 8.98. The summed E-state index contributed by atoms with van der Waals surface area (Å²) < 4.78 is 12.6. The summed E-state index contributed by atoms with van der Waals surface area (Å²) in [6.07, 6.45) is 3.22. The molecule has 0 bridgehead atoms. The van der Waals surface area contributed by atoms with Crippen molar-refractivity contribution < 1.29 is 13.9 Å². The Morgan fingerprint density at radius 1 is 1.34 bits per heavy atom. The Morgan fingerprint density at radius 2 is 2.10 bits per heavy atom. The van der Waals surface area contributed by atoms with Crippen molar-refractivity contribution in [1.29, 1.82) is 0 Å². The van der Waals surface area contributed by atoms with Gasteiger partial charge in [-0.2, -0.15) is 0 Å². The van der Waals surface area contributed by atoms with Gasteiger partial charge in [0, 0.05) is 11.1 Å². The normalized spacial score (nSPS) is 16.5. The van der Waals surface area contributed by atoms with Gasteiger partial charge in [-0.05, 0) is 43.7 Å². The van der Waals surface area contributed by atoms with Crippen molar-refractivity contribution >= 4 is 35.0 Å². The number of carbonyl (C=O) groups excluding carboxylic acids is 1. The minimum Gasteiger partial charge on any atom is -0.465 e. The van der Waals surface area contributed by atoms with E-state index in [2.05, 4.69) is 4.99 Å². The maximum Gasteiger partial charge on any atom is 0.338 e. The average Bonchev–Trinajstić information content (AvgIpc) is 3.30. The zero-order valence-corrected chi connectivity index (χ0v) is 17.3. The van der Waals surface area contributed by atoms with Gasteiger partial charge in [0.05, 0.1) is 34.7 Å². The van der Waals surface area contributed by atoms with E-state index < -0.39 is 12.0 Å². The van der Waals surface area contributed by atoms with E-state index in [4.69, 9.17) is 20.8 Å². The highest BCUT2D eigenvalue weighted by Crippen LogP contribution is 2.31. The molecule has 0 saturated carbocycles. The molecule has 6 nitrogen and oxygen atoms in total. The number of halogens is 1. The molecule has 3 aromatic rings. The second-order valence-corrected chi connectivity index (χ2v) is 7.81. The number of nitrogens with zero attached hydrogens (tertiary/aromatic N) is 2. The van der Waals surface area contributed by atoms with E-state index in [1.165, 1.54) is 15.9 Å². The third-order valence-corrected chi connectivity index (χ3v) is 5.75. The molecule has 8 heteroatoms. The second-order valence-electron chi connectivity index (χ2n) is 6.37. The summed E-state index contributed by atoms with van der Waals surface area (Å²) in [4.78, 5) is 31.0. The molecule has 2 aromatic heterocycles. The summed E-state index contributed by atoms with van der Waals surface area (Å²) in [5.74, 6) is 0.0775. The van der Waals surface area contributed by atoms with Crippen molar-refractivity contribution in [2.75, 3.05) is 6.61 Å². The van der Waals surface area contributed by atoms with Crippen LogP contribution in [0.3, 0.4) is 0 Å². The highest BCUT2D eigenvalue weighted by molar-refractivity contribution is 7.07. The summed E-state index contributed by atoms with van der Waals surface area (Å²) in [5.41, 5.74) is 1.36. The van der Waals surface area contributed by atoms with Gasteiger partial charge >= 0.3 is 5.97 Å². The number of esters is 1. The fraction of sp³-hybridized carbons (Fsp3) is 0.190. The summed E-state index contributed by atoms with van der Waals surface area (Å²) in [6.45, 7) is 3.72. The Balaban J connectivity index is 1.97. The quantitative estimate of drug-likeness (QED) is 0.599. The molecule has 0 fully saturated rings. The molecule has 29 heavy (non-hydrogen) atoms. The van der Waals surface area contributed by atoms with Gasteiger partial charge in [-0.15, -0.1) is 0 Å². The minimum atomic E-state index is -0.652. The third-order valence-electron chi connectivity index (χ3n) is 4.52. The number of furan rings is 1. The minimum absolute atomic E-state index is 0.228. The third kappa shape index (κ3) is 3.59. The van der Waals surface area contributed by atoms with Gasteiger partial charge in [0.25, 0.3) is 5.56 Å². The molecule has 0 spiro atoms. The number of rotatable bonds is 4. The number of hydrogen-bond acceptors (Lipinski definition) is 6. The molecule has 1 aliphatic rings. The zero-order valence-electron chi connectivity index (χ0n) is 15.7. The van der Waals surface area contributed by atoms with Crippen LogP contribution in [0.15, 0.2) is 68.1 Å². The Bertz CT molecular complexity index is 1270. The molecule has 4 rings (SSSR count). The van der Waals surface area contributed by atoms with E-state index in [9.17, 15) is 9.59 Å². The molecule has 0 amide bonds. The Morgan fingerprint density at radius 3 is 2.76 bits per heavy atom. The monoisotopic (exact) mass is 428 g/mol. The van der Waals surface area contributed by atoms with E-state index in [1.54, 1.807) is 62.6 Å². The van der Waals surface area contributed by atoms with Crippen LogP contribution in [-0.4, -0.2) is 17.1 Å². The lowest BCUT2D eigenvalue weighted by Crippen LogP contribution is -2.39. The average molecular weight is 429 g/mol. The Hall–Kier alpha value is -2.90. The Kier molecular flexibility index (Phi) is 5.25. The Labute approximate surface area is 175 Å². The standard InChI is InChI=1S/C21H17ClN2O4S/c1-3-27-20(26)17-12(2)23-21-24(18(17)13-6-8-14(22)9-7-13)19(25)16(29-21)11-15-5-4-10-28-15/h4-11,18H,3H2,1-2H3/b16-11+/t18-/m1/s1. The van der Waals surface area contributed by atoms with Gasteiger partial charge in [-0.3, -0.25) is 9.36 Å². The molecule has 148 valence electrons. The van der Waals surface area contributed by atoms with Gasteiger partial charge in [-0.25, -0.2) is 9.79 Å². The van der Waals surface area contributed by atoms with Crippen LogP contribution in [0.25, 0.3) is 6.08 Å². The molecule has 0 aliphatic carbocycles. The number of hydrogen-bond donors (Lipinski definition) is 0. The maximum absolute atomic E-state index is 13.3. The highest BCUT2D eigenvalue weighted by Gasteiger charge is 2.33. The summed E-state index contributed by atoms with van der Waals surface area (Å²) in [7, 11) is 0. The number of thiazole rings is 1.